The molecule has 5 rings (SSSR count). The highest BCUT2D eigenvalue weighted by Gasteiger charge is 2.59. The standard InChI is InChI=1S/C58H102N2O6/c1-7-8-9-10-11-12-13-14-15-16-17-18-19-20-21-25-39-63-45-50(44-60-37-23-22-24-38-60)64-40-41-65-55(61)43-59-56(62)66-49-33-35-57(5)48(42-49)29-30-51-53-32-31-52(47(4)28-26-27-46(2)3)58(53,6)36-34-54(51)57/h14-15,29,46-47,49-54H,7-13,16-28,30-45H2,1-6H3,(H,59,62)/t47?,49?,50?,51-,52?,53?,54?,57-,58?/m0/s1. The molecule has 380 valence electrons. The van der Waals surface area contributed by atoms with Crippen LogP contribution in [0.3, 0.4) is 0 Å². The average molecular weight is 923 g/mol. The Kier molecular flexibility index (Phi) is 25.0. The number of likely N-dealkylation sites (tertiary alicyclic amines) is 1. The van der Waals surface area contributed by atoms with Crippen LogP contribution in [0.15, 0.2) is 23.8 Å². The number of hydrogen-bond acceptors (Lipinski definition) is 7. The Morgan fingerprint density at radius 1 is 0.788 bits per heavy atom. The minimum atomic E-state index is -0.528. The van der Waals surface area contributed by atoms with Crippen molar-refractivity contribution >= 4 is 12.1 Å². The van der Waals surface area contributed by atoms with Gasteiger partial charge in [0, 0.05) is 19.6 Å². The van der Waals surface area contributed by atoms with Gasteiger partial charge in [0.1, 0.15) is 19.3 Å². The number of rotatable bonds is 32. The van der Waals surface area contributed by atoms with Crippen molar-refractivity contribution in [3.8, 4) is 0 Å². The first-order valence-corrected chi connectivity index (χ1v) is 28.4. The second kappa shape index (κ2) is 30.0. The first kappa shape index (κ1) is 55.0. The molecule has 5 aliphatic rings. The lowest BCUT2D eigenvalue weighted by atomic mass is 9.47. The lowest BCUT2D eigenvalue weighted by molar-refractivity contribution is -0.145. The number of hydrogen-bond donors (Lipinski definition) is 1. The highest BCUT2D eigenvalue weighted by atomic mass is 16.6. The van der Waals surface area contributed by atoms with Crippen molar-refractivity contribution in [1.29, 1.82) is 0 Å². The molecule has 0 aromatic rings. The van der Waals surface area contributed by atoms with Crippen molar-refractivity contribution < 1.29 is 28.5 Å². The number of piperidine rings is 1. The van der Waals surface area contributed by atoms with Gasteiger partial charge in [-0.05, 0) is 149 Å². The van der Waals surface area contributed by atoms with Crippen molar-refractivity contribution in [1.82, 2.24) is 10.2 Å². The Morgan fingerprint density at radius 3 is 2.23 bits per heavy atom. The number of fused-ring (bicyclic) bond motifs is 5. The van der Waals surface area contributed by atoms with E-state index in [4.69, 9.17) is 18.9 Å². The SMILES string of the molecule is CCCCCCCCC=CCCCCCCCCOCC(CN1CCCCC1)OCCOC(=O)CNC(=O)OC1CC[C@@]2(C)C(=CC[C@H]3C4CCC(C(C)CCCC(C)C)C4(C)CCC32)C1. The number of unbranched alkanes of at least 4 members (excludes halogenated alkanes) is 12. The van der Waals surface area contributed by atoms with E-state index in [1.165, 1.54) is 160 Å². The number of amides is 1. The summed E-state index contributed by atoms with van der Waals surface area (Å²) < 4.78 is 23.8. The Balaban J connectivity index is 0.919. The Bertz CT molecular complexity index is 1430. The maximum atomic E-state index is 12.9. The fourth-order valence-electron chi connectivity index (χ4n) is 13.8. The summed E-state index contributed by atoms with van der Waals surface area (Å²) in [5.74, 6) is 4.39. The van der Waals surface area contributed by atoms with Gasteiger partial charge in [-0.3, -0.25) is 4.79 Å². The summed E-state index contributed by atoms with van der Waals surface area (Å²) in [6.45, 7) is 19.4. The van der Waals surface area contributed by atoms with Crippen LogP contribution in [-0.2, 0) is 23.7 Å². The number of allylic oxidation sites excluding steroid dienone is 3. The Hall–Kier alpha value is -1.90. The number of nitrogens with zero attached hydrogens (tertiary/aromatic N) is 1. The summed E-state index contributed by atoms with van der Waals surface area (Å²) in [4.78, 5) is 28.1. The van der Waals surface area contributed by atoms with Crippen LogP contribution in [-0.4, -0.2) is 81.8 Å². The van der Waals surface area contributed by atoms with Gasteiger partial charge in [0.05, 0.1) is 19.3 Å². The van der Waals surface area contributed by atoms with Crippen molar-refractivity contribution in [3.63, 3.8) is 0 Å². The summed E-state index contributed by atoms with van der Waals surface area (Å²) in [7, 11) is 0. The van der Waals surface area contributed by atoms with Crippen molar-refractivity contribution in [2.45, 2.75) is 234 Å². The number of carbonyl (C=O) groups excluding carboxylic acids is 2. The number of ether oxygens (including phenoxy) is 4. The van der Waals surface area contributed by atoms with Gasteiger partial charge in [-0.25, -0.2) is 4.79 Å². The molecule has 3 saturated carbocycles. The topological polar surface area (TPSA) is 86.3 Å². The third-order valence-corrected chi connectivity index (χ3v) is 17.6. The zero-order valence-corrected chi connectivity index (χ0v) is 43.7. The molecular weight excluding hydrogens is 821 g/mol. The maximum Gasteiger partial charge on any atom is 0.407 e. The van der Waals surface area contributed by atoms with Crippen LogP contribution in [0, 0.1) is 46.3 Å². The first-order valence-electron chi connectivity index (χ1n) is 28.4. The van der Waals surface area contributed by atoms with Crippen LogP contribution in [0.1, 0.15) is 221 Å². The van der Waals surface area contributed by atoms with Gasteiger partial charge < -0.3 is 29.2 Å². The molecule has 8 nitrogen and oxygen atoms in total. The van der Waals surface area contributed by atoms with E-state index in [1.807, 2.05) is 0 Å². The summed E-state index contributed by atoms with van der Waals surface area (Å²) >= 11 is 0. The predicted octanol–water partition coefficient (Wildman–Crippen LogP) is 14.6. The van der Waals surface area contributed by atoms with E-state index in [0.717, 1.165) is 87.4 Å². The monoisotopic (exact) mass is 923 g/mol. The number of carbonyl (C=O) groups is 2. The summed E-state index contributed by atoms with van der Waals surface area (Å²) in [5.41, 5.74) is 2.20. The zero-order chi connectivity index (χ0) is 47.0. The smallest absolute Gasteiger partial charge is 0.407 e. The van der Waals surface area contributed by atoms with E-state index >= 15 is 0 Å². The van der Waals surface area contributed by atoms with E-state index in [1.54, 1.807) is 0 Å². The normalized spacial score (nSPS) is 28.7. The minimum Gasteiger partial charge on any atom is -0.462 e. The van der Waals surface area contributed by atoms with Crippen LogP contribution in [0.25, 0.3) is 0 Å². The van der Waals surface area contributed by atoms with Crippen molar-refractivity contribution in [2.75, 3.05) is 52.6 Å². The van der Waals surface area contributed by atoms with Gasteiger partial charge in [0.25, 0.3) is 0 Å². The van der Waals surface area contributed by atoms with Crippen LogP contribution in [0.4, 0.5) is 4.79 Å². The lowest BCUT2D eigenvalue weighted by Gasteiger charge is -2.58. The third kappa shape index (κ3) is 17.8. The molecule has 1 N–H and O–H groups in total. The van der Waals surface area contributed by atoms with Crippen molar-refractivity contribution in [3.05, 3.63) is 23.8 Å². The van der Waals surface area contributed by atoms with Crippen LogP contribution >= 0.6 is 0 Å². The molecule has 1 saturated heterocycles. The molecule has 1 heterocycles. The average Bonchev–Trinajstić information content (AvgIpc) is 3.67. The summed E-state index contributed by atoms with van der Waals surface area (Å²) in [5, 5.41) is 2.67. The molecule has 4 fully saturated rings. The van der Waals surface area contributed by atoms with Crippen molar-refractivity contribution in [2.24, 2.45) is 46.3 Å². The molecule has 7 unspecified atom stereocenters. The molecule has 1 amide bonds. The maximum absolute atomic E-state index is 12.9. The van der Waals surface area contributed by atoms with E-state index in [0.29, 0.717) is 18.6 Å². The third-order valence-electron chi connectivity index (χ3n) is 17.6. The second-order valence-electron chi connectivity index (χ2n) is 23.0. The Morgan fingerprint density at radius 2 is 1.50 bits per heavy atom. The van der Waals surface area contributed by atoms with E-state index in [-0.39, 0.29) is 30.8 Å². The number of nitrogens with one attached hydrogen (secondary N) is 1. The van der Waals surface area contributed by atoms with Crippen LogP contribution in [0.2, 0.25) is 0 Å². The molecular formula is C58H102N2O6. The van der Waals surface area contributed by atoms with E-state index < -0.39 is 12.1 Å². The predicted molar refractivity (Wildman–Crippen MR) is 273 cm³/mol. The van der Waals surface area contributed by atoms with Crippen LogP contribution < -0.4 is 5.32 Å². The number of esters is 1. The van der Waals surface area contributed by atoms with Gasteiger partial charge in [-0.1, -0.05) is 149 Å². The molecule has 8 heteroatoms. The second-order valence-corrected chi connectivity index (χ2v) is 23.0. The number of alkyl carbamates (subject to hydrolysis) is 1. The molecule has 0 bridgehead atoms. The Labute approximate surface area is 405 Å². The summed E-state index contributed by atoms with van der Waals surface area (Å²) in [6.07, 6.45) is 42.2. The van der Waals surface area contributed by atoms with Gasteiger partial charge in [0.15, 0.2) is 0 Å². The molecule has 1 aliphatic heterocycles. The highest BCUT2D eigenvalue weighted by molar-refractivity contribution is 5.77. The molecule has 0 aromatic carbocycles. The lowest BCUT2D eigenvalue weighted by Crippen LogP contribution is -2.51. The molecule has 0 aromatic heterocycles. The molecule has 0 radical (unpaired) electrons. The first-order chi connectivity index (χ1) is 32.0. The van der Waals surface area contributed by atoms with Gasteiger partial charge in [-0.15, -0.1) is 0 Å². The largest absolute Gasteiger partial charge is 0.462 e. The fraction of sp³-hybridized carbons (Fsp3) is 0.897. The summed E-state index contributed by atoms with van der Waals surface area (Å²) in [6, 6.07) is 0. The highest BCUT2D eigenvalue weighted by Crippen LogP contribution is 2.67. The van der Waals surface area contributed by atoms with Gasteiger partial charge >= 0.3 is 12.1 Å². The van der Waals surface area contributed by atoms with E-state index in [2.05, 4.69) is 70.0 Å². The molecule has 0 spiro atoms. The van der Waals surface area contributed by atoms with Gasteiger partial charge in [-0.2, -0.15) is 0 Å². The minimum absolute atomic E-state index is 0.0574. The quantitative estimate of drug-likeness (QED) is 0.0409. The fourth-order valence-corrected chi connectivity index (χ4v) is 13.8. The van der Waals surface area contributed by atoms with Gasteiger partial charge in [0.2, 0.25) is 0 Å². The zero-order valence-electron chi connectivity index (χ0n) is 43.7. The molecule has 66 heavy (non-hydrogen) atoms. The van der Waals surface area contributed by atoms with E-state index in [9.17, 15) is 9.59 Å². The molecule has 4 aliphatic carbocycles. The van der Waals surface area contributed by atoms with Crippen LogP contribution in [0.5, 0.6) is 0 Å². The molecule has 9 atom stereocenters.